The summed E-state index contributed by atoms with van der Waals surface area (Å²) in [7, 11) is -3.59. The normalized spacial score (nSPS) is 19.0. The fraction of sp³-hybridized carbons (Fsp3) is 0.375. The van der Waals surface area contributed by atoms with Gasteiger partial charge < -0.3 is 14.2 Å². The number of ether oxygens (including phenoxy) is 3. The highest BCUT2D eigenvalue weighted by Gasteiger charge is 2.26. The third kappa shape index (κ3) is 4.72. The summed E-state index contributed by atoms with van der Waals surface area (Å²) in [4.78, 5) is 12.9. The molecule has 0 spiro atoms. The Labute approximate surface area is 188 Å². The maximum Gasteiger partial charge on any atom is 0.243 e. The van der Waals surface area contributed by atoms with Crippen molar-refractivity contribution >= 4 is 21.9 Å². The van der Waals surface area contributed by atoms with E-state index in [9.17, 15) is 13.2 Å². The zero-order valence-electron chi connectivity index (χ0n) is 18.2. The Morgan fingerprint density at radius 2 is 1.91 bits per heavy atom. The first-order chi connectivity index (χ1) is 15.4. The standard InChI is InChI=1S/C24H27NO6S/c1-3-30-23-16-20-14-17(2)31-24(20)15-19(23)6-9-22(26)18-4-7-21(8-5-18)32(27,28)25-10-12-29-13-11-25/h4-9,15-17H,3,10-14H2,1-2H3. The van der Waals surface area contributed by atoms with Gasteiger partial charge in [0.25, 0.3) is 0 Å². The zero-order chi connectivity index (χ0) is 22.7. The largest absolute Gasteiger partial charge is 0.493 e. The summed E-state index contributed by atoms with van der Waals surface area (Å²) in [5.74, 6) is 1.29. The number of hydrogen-bond donors (Lipinski definition) is 0. The highest BCUT2D eigenvalue weighted by Crippen LogP contribution is 2.35. The molecular formula is C24H27NO6S. The van der Waals surface area contributed by atoms with Crippen molar-refractivity contribution in [1.29, 1.82) is 0 Å². The number of rotatable bonds is 7. The van der Waals surface area contributed by atoms with Crippen LogP contribution in [0.2, 0.25) is 0 Å². The van der Waals surface area contributed by atoms with Crippen LogP contribution in [0, 0.1) is 0 Å². The number of ketones is 1. The first kappa shape index (κ1) is 22.5. The van der Waals surface area contributed by atoms with Gasteiger partial charge in [-0.2, -0.15) is 4.31 Å². The van der Waals surface area contributed by atoms with Crippen molar-refractivity contribution in [3.63, 3.8) is 0 Å². The molecular weight excluding hydrogens is 430 g/mol. The smallest absolute Gasteiger partial charge is 0.243 e. The van der Waals surface area contributed by atoms with Gasteiger partial charge in [0.05, 0.1) is 24.7 Å². The van der Waals surface area contributed by atoms with Gasteiger partial charge in [-0.15, -0.1) is 0 Å². The molecule has 2 heterocycles. The number of carbonyl (C=O) groups excluding carboxylic acids is 1. The molecule has 1 fully saturated rings. The lowest BCUT2D eigenvalue weighted by Crippen LogP contribution is -2.40. The summed E-state index contributed by atoms with van der Waals surface area (Å²) in [5, 5.41) is 0. The number of hydrogen-bond acceptors (Lipinski definition) is 6. The van der Waals surface area contributed by atoms with E-state index in [0.717, 1.165) is 23.3 Å². The maximum atomic E-state index is 12.7. The van der Waals surface area contributed by atoms with Crippen molar-refractivity contribution < 1.29 is 27.4 Å². The number of morpholine rings is 1. The molecule has 0 amide bonds. The molecule has 2 aromatic rings. The Morgan fingerprint density at radius 1 is 1.19 bits per heavy atom. The molecule has 4 rings (SSSR count). The Kier molecular flexibility index (Phi) is 6.64. The van der Waals surface area contributed by atoms with Crippen LogP contribution in [0.25, 0.3) is 6.08 Å². The second kappa shape index (κ2) is 9.44. The van der Waals surface area contributed by atoms with Gasteiger partial charge in [0.15, 0.2) is 5.78 Å². The maximum absolute atomic E-state index is 12.7. The Morgan fingerprint density at radius 3 is 2.59 bits per heavy atom. The predicted molar refractivity (Wildman–Crippen MR) is 121 cm³/mol. The molecule has 170 valence electrons. The molecule has 7 nitrogen and oxygen atoms in total. The zero-order valence-corrected chi connectivity index (χ0v) is 19.1. The van der Waals surface area contributed by atoms with Crippen LogP contribution in [-0.4, -0.2) is 57.5 Å². The number of nitrogens with zero attached hydrogens (tertiary/aromatic N) is 1. The van der Waals surface area contributed by atoms with Crippen LogP contribution >= 0.6 is 0 Å². The summed E-state index contributed by atoms with van der Waals surface area (Å²) < 4.78 is 43.7. The van der Waals surface area contributed by atoms with E-state index < -0.39 is 10.0 Å². The molecule has 1 unspecified atom stereocenters. The third-order valence-corrected chi connectivity index (χ3v) is 7.40. The minimum atomic E-state index is -3.59. The lowest BCUT2D eigenvalue weighted by Gasteiger charge is -2.26. The molecule has 1 atom stereocenters. The molecule has 32 heavy (non-hydrogen) atoms. The monoisotopic (exact) mass is 457 g/mol. The van der Waals surface area contributed by atoms with Gasteiger partial charge >= 0.3 is 0 Å². The van der Waals surface area contributed by atoms with E-state index in [4.69, 9.17) is 14.2 Å². The molecule has 2 aromatic carbocycles. The number of benzene rings is 2. The number of allylic oxidation sites excluding steroid dienone is 1. The Balaban J connectivity index is 1.51. The summed E-state index contributed by atoms with van der Waals surface area (Å²) >= 11 is 0. The first-order valence-electron chi connectivity index (χ1n) is 10.7. The summed E-state index contributed by atoms with van der Waals surface area (Å²) in [5.41, 5.74) is 2.27. The van der Waals surface area contributed by atoms with Crippen LogP contribution in [-0.2, 0) is 21.2 Å². The first-order valence-corrected chi connectivity index (χ1v) is 12.2. The van der Waals surface area contributed by atoms with Crippen LogP contribution in [0.15, 0.2) is 47.4 Å². The van der Waals surface area contributed by atoms with E-state index >= 15 is 0 Å². The average molecular weight is 458 g/mol. The van der Waals surface area contributed by atoms with E-state index in [1.165, 1.54) is 34.6 Å². The fourth-order valence-electron chi connectivity index (χ4n) is 3.85. The number of fused-ring (bicyclic) bond motifs is 1. The second-order valence-electron chi connectivity index (χ2n) is 7.80. The highest BCUT2D eigenvalue weighted by molar-refractivity contribution is 7.89. The predicted octanol–water partition coefficient (Wildman–Crippen LogP) is 3.33. The van der Waals surface area contributed by atoms with Crippen molar-refractivity contribution in [2.45, 2.75) is 31.3 Å². The molecule has 0 aliphatic carbocycles. The summed E-state index contributed by atoms with van der Waals surface area (Å²) in [6.45, 7) is 5.88. The number of sulfonamides is 1. The Hall–Kier alpha value is -2.68. The molecule has 0 aromatic heterocycles. The molecule has 0 radical (unpaired) electrons. The van der Waals surface area contributed by atoms with Crippen molar-refractivity contribution in [1.82, 2.24) is 4.31 Å². The Bertz CT molecular complexity index is 1120. The average Bonchev–Trinajstić information content (AvgIpc) is 3.17. The third-order valence-electron chi connectivity index (χ3n) is 5.49. The lowest BCUT2D eigenvalue weighted by atomic mass is 10.0. The molecule has 0 saturated carbocycles. The van der Waals surface area contributed by atoms with Gasteiger partial charge in [0.1, 0.15) is 17.6 Å². The molecule has 1 saturated heterocycles. The minimum Gasteiger partial charge on any atom is -0.493 e. The van der Waals surface area contributed by atoms with Gasteiger partial charge in [0.2, 0.25) is 10.0 Å². The van der Waals surface area contributed by atoms with Crippen LogP contribution in [0.1, 0.15) is 35.3 Å². The number of carbonyl (C=O) groups is 1. The quantitative estimate of drug-likeness (QED) is 0.469. The molecule has 8 heteroatoms. The van der Waals surface area contributed by atoms with Gasteiger partial charge in [-0.3, -0.25) is 4.79 Å². The van der Waals surface area contributed by atoms with E-state index in [1.54, 1.807) is 6.08 Å². The topological polar surface area (TPSA) is 82.1 Å². The van der Waals surface area contributed by atoms with Crippen molar-refractivity contribution in [3.8, 4) is 11.5 Å². The lowest BCUT2D eigenvalue weighted by molar-refractivity contribution is 0.0730. The van der Waals surface area contributed by atoms with E-state index in [2.05, 4.69) is 0 Å². The summed E-state index contributed by atoms with van der Waals surface area (Å²) in [6, 6.07) is 9.89. The van der Waals surface area contributed by atoms with Crippen LogP contribution in [0.4, 0.5) is 0 Å². The van der Waals surface area contributed by atoms with Gasteiger partial charge in [0, 0.05) is 36.2 Å². The van der Waals surface area contributed by atoms with Gasteiger partial charge in [-0.05, 0) is 62.4 Å². The fourth-order valence-corrected chi connectivity index (χ4v) is 5.26. The van der Waals surface area contributed by atoms with E-state index in [0.29, 0.717) is 44.2 Å². The van der Waals surface area contributed by atoms with Crippen molar-refractivity contribution in [3.05, 3.63) is 59.2 Å². The highest BCUT2D eigenvalue weighted by atomic mass is 32.2. The SMILES string of the molecule is CCOc1cc2c(cc1C=CC(=O)c1ccc(S(=O)(=O)N3CCOCC3)cc1)OC(C)C2. The van der Waals surface area contributed by atoms with Gasteiger partial charge in [-0.25, -0.2) is 8.42 Å². The molecule has 0 bridgehead atoms. The molecule has 2 aliphatic heterocycles. The van der Waals surface area contributed by atoms with E-state index in [1.807, 2.05) is 26.0 Å². The van der Waals surface area contributed by atoms with Crippen molar-refractivity contribution in [2.24, 2.45) is 0 Å². The summed E-state index contributed by atoms with van der Waals surface area (Å²) in [6.07, 6.45) is 4.12. The van der Waals surface area contributed by atoms with Crippen molar-refractivity contribution in [2.75, 3.05) is 32.9 Å². The molecule has 0 N–H and O–H groups in total. The second-order valence-corrected chi connectivity index (χ2v) is 9.74. The van der Waals surface area contributed by atoms with E-state index in [-0.39, 0.29) is 16.8 Å². The van der Waals surface area contributed by atoms with Crippen LogP contribution in [0.5, 0.6) is 11.5 Å². The molecule has 2 aliphatic rings. The van der Waals surface area contributed by atoms with Crippen LogP contribution < -0.4 is 9.47 Å². The van der Waals surface area contributed by atoms with Gasteiger partial charge in [-0.1, -0.05) is 0 Å². The van der Waals surface area contributed by atoms with Crippen LogP contribution in [0.3, 0.4) is 0 Å². The minimum absolute atomic E-state index is 0.118.